The molecule has 0 amide bonds. The van der Waals surface area contributed by atoms with Crippen molar-refractivity contribution in [3.05, 3.63) is 53.0 Å². The summed E-state index contributed by atoms with van der Waals surface area (Å²) in [6.45, 7) is 10.7. The summed E-state index contributed by atoms with van der Waals surface area (Å²) in [5.41, 5.74) is 0.572. The summed E-state index contributed by atoms with van der Waals surface area (Å²) >= 11 is 0. The molecule has 6 heteroatoms. The minimum atomic E-state index is -0.933. The van der Waals surface area contributed by atoms with Crippen molar-refractivity contribution >= 4 is 5.97 Å². The average molecular weight is 306 g/mol. The maximum atomic E-state index is 11.8. The molecule has 120 valence electrons. The van der Waals surface area contributed by atoms with Crippen molar-refractivity contribution in [3.63, 3.8) is 0 Å². The van der Waals surface area contributed by atoms with E-state index in [4.69, 9.17) is 5.11 Å². The van der Waals surface area contributed by atoms with E-state index in [-0.39, 0.29) is 18.7 Å². The number of aromatic hydroxyl groups is 1. The molecule has 0 saturated heterocycles. The Morgan fingerprint density at radius 3 is 2.45 bits per heavy atom. The normalized spacial score (nSPS) is 10.6. The summed E-state index contributed by atoms with van der Waals surface area (Å²) in [7, 11) is 0. The number of carboxylic acids is 1. The molecule has 0 aromatic carbocycles. The molecule has 0 unspecified atom stereocenters. The molecule has 0 atom stereocenters. The molecule has 0 aliphatic carbocycles. The number of rotatable bonds is 9. The van der Waals surface area contributed by atoms with Gasteiger partial charge in [-0.3, -0.25) is 14.5 Å². The first kappa shape index (κ1) is 17.7. The fourth-order valence-corrected chi connectivity index (χ4v) is 2.28. The highest BCUT2D eigenvalue weighted by Gasteiger charge is 2.16. The van der Waals surface area contributed by atoms with E-state index in [1.54, 1.807) is 23.6 Å². The second kappa shape index (κ2) is 8.19. The summed E-state index contributed by atoms with van der Waals surface area (Å²) in [4.78, 5) is 24.5. The lowest BCUT2D eigenvalue weighted by Gasteiger charge is -2.23. The molecule has 1 rings (SSSR count). The second-order valence-corrected chi connectivity index (χ2v) is 5.01. The molecule has 0 saturated carbocycles. The summed E-state index contributed by atoms with van der Waals surface area (Å²) in [5.74, 6) is -1.27. The van der Waals surface area contributed by atoms with Crippen molar-refractivity contribution in [2.24, 2.45) is 0 Å². The highest BCUT2D eigenvalue weighted by atomic mass is 16.4. The van der Waals surface area contributed by atoms with Crippen molar-refractivity contribution in [2.45, 2.75) is 26.4 Å². The molecule has 0 bridgehead atoms. The largest absolute Gasteiger partial charge is 0.503 e. The zero-order valence-corrected chi connectivity index (χ0v) is 12.8. The number of carboxylic acid groups (broad SMARTS) is 1. The van der Waals surface area contributed by atoms with Crippen LogP contribution in [0.15, 0.2) is 36.2 Å². The third-order valence-electron chi connectivity index (χ3n) is 3.30. The maximum absolute atomic E-state index is 11.8. The number of aliphatic carboxylic acids is 1. The molecule has 0 spiro atoms. The van der Waals surface area contributed by atoms with E-state index < -0.39 is 11.4 Å². The van der Waals surface area contributed by atoms with Crippen molar-refractivity contribution in [1.29, 1.82) is 0 Å². The van der Waals surface area contributed by atoms with Gasteiger partial charge < -0.3 is 14.8 Å². The van der Waals surface area contributed by atoms with Gasteiger partial charge in [0.1, 0.15) is 0 Å². The van der Waals surface area contributed by atoms with Crippen molar-refractivity contribution in [2.75, 3.05) is 13.1 Å². The Morgan fingerprint density at radius 1 is 1.36 bits per heavy atom. The standard InChI is InChI=1S/C16H22N2O4/c1-4-7-17(8-5-2)11-13-16(22)14(19)10-12(3)18(13)9-6-15(20)21/h4-5,10,22H,1-2,6-9,11H2,3H3,(H,20,21). The predicted molar refractivity (Wildman–Crippen MR) is 85.0 cm³/mol. The van der Waals surface area contributed by atoms with Gasteiger partial charge in [-0.05, 0) is 6.92 Å². The molecular formula is C16H22N2O4. The molecule has 22 heavy (non-hydrogen) atoms. The van der Waals surface area contributed by atoms with Crippen LogP contribution in [0, 0.1) is 6.92 Å². The Hall–Kier alpha value is -2.34. The lowest BCUT2D eigenvalue weighted by Crippen LogP contribution is -2.28. The maximum Gasteiger partial charge on any atom is 0.305 e. The van der Waals surface area contributed by atoms with Gasteiger partial charge in [0.25, 0.3) is 0 Å². The molecule has 1 aromatic rings. The Labute approximate surface area is 129 Å². The Morgan fingerprint density at radius 2 is 1.95 bits per heavy atom. The van der Waals surface area contributed by atoms with E-state index in [1.165, 1.54) is 6.07 Å². The van der Waals surface area contributed by atoms with Gasteiger partial charge in [-0.2, -0.15) is 0 Å². The molecule has 6 nitrogen and oxygen atoms in total. The summed E-state index contributed by atoms with van der Waals surface area (Å²) < 4.78 is 1.67. The zero-order chi connectivity index (χ0) is 16.7. The van der Waals surface area contributed by atoms with Gasteiger partial charge in [0.2, 0.25) is 5.43 Å². The minimum absolute atomic E-state index is 0.0843. The van der Waals surface area contributed by atoms with E-state index >= 15 is 0 Å². The second-order valence-electron chi connectivity index (χ2n) is 5.01. The first-order valence-corrected chi connectivity index (χ1v) is 6.99. The van der Waals surface area contributed by atoms with Crippen LogP contribution in [0.1, 0.15) is 17.8 Å². The quantitative estimate of drug-likeness (QED) is 0.676. The van der Waals surface area contributed by atoms with E-state index in [0.717, 1.165) is 0 Å². The van der Waals surface area contributed by atoms with Gasteiger partial charge in [-0.25, -0.2) is 0 Å². The lowest BCUT2D eigenvalue weighted by molar-refractivity contribution is -0.137. The molecule has 1 heterocycles. The van der Waals surface area contributed by atoms with Gasteiger partial charge in [-0.1, -0.05) is 12.2 Å². The molecule has 0 aliphatic rings. The number of hydrogen-bond acceptors (Lipinski definition) is 4. The van der Waals surface area contributed by atoms with Crippen LogP contribution in [0.25, 0.3) is 0 Å². The van der Waals surface area contributed by atoms with Gasteiger partial charge >= 0.3 is 5.97 Å². The highest BCUT2D eigenvalue weighted by molar-refractivity contribution is 5.66. The van der Waals surface area contributed by atoms with E-state index in [9.17, 15) is 14.7 Å². The minimum Gasteiger partial charge on any atom is -0.503 e. The van der Waals surface area contributed by atoms with Crippen LogP contribution < -0.4 is 5.43 Å². The first-order valence-electron chi connectivity index (χ1n) is 6.99. The number of pyridine rings is 1. The number of carbonyl (C=O) groups is 1. The molecule has 0 radical (unpaired) electrons. The summed E-state index contributed by atoms with van der Waals surface area (Å²) in [6.07, 6.45) is 3.35. The SMILES string of the molecule is C=CCN(CC=C)Cc1c(O)c(=O)cc(C)n1CCC(=O)O. The van der Waals surface area contributed by atoms with Crippen molar-refractivity contribution < 1.29 is 15.0 Å². The lowest BCUT2D eigenvalue weighted by atomic mass is 10.2. The summed E-state index contributed by atoms with van der Waals surface area (Å²) in [6, 6.07) is 1.31. The van der Waals surface area contributed by atoms with E-state index in [1.807, 2.05) is 4.90 Å². The predicted octanol–water partition coefficient (Wildman–Crippen LogP) is 1.51. The van der Waals surface area contributed by atoms with E-state index in [0.29, 0.717) is 31.0 Å². The van der Waals surface area contributed by atoms with Gasteiger partial charge in [0, 0.05) is 37.9 Å². The zero-order valence-electron chi connectivity index (χ0n) is 12.8. The number of nitrogens with zero attached hydrogens (tertiary/aromatic N) is 2. The topological polar surface area (TPSA) is 82.8 Å². The fourth-order valence-electron chi connectivity index (χ4n) is 2.28. The van der Waals surface area contributed by atoms with Crippen LogP contribution in [-0.2, 0) is 17.9 Å². The highest BCUT2D eigenvalue weighted by Crippen LogP contribution is 2.17. The first-order chi connectivity index (χ1) is 10.4. The van der Waals surface area contributed by atoms with Crippen LogP contribution in [-0.4, -0.2) is 38.7 Å². The number of aryl methyl sites for hydroxylation is 1. The molecular weight excluding hydrogens is 284 g/mol. The molecule has 2 N–H and O–H groups in total. The smallest absolute Gasteiger partial charge is 0.305 e. The fraction of sp³-hybridized carbons (Fsp3) is 0.375. The van der Waals surface area contributed by atoms with E-state index in [2.05, 4.69) is 13.2 Å². The average Bonchev–Trinajstić information content (AvgIpc) is 2.44. The monoisotopic (exact) mass is 306 g/mol. The van der Waals surface area contributed by atoms with Crippen LogP contribution in [0.5, 0.6) is 5.75 Å². The Bertz CT molecular complexity index is 609. The van der Waals surface area contributed by atoms with Crippen LogP contribution in [0.2, 0.25) is 0 Å². The van der Waals surface area contributed by atoms with Crippen LogP contribution in [0.4, 0.5) is 0 Å². The van der Waals surface area contributed by atoms with Gasteiger partial charge in [0.05, 0.1) is 12.1 Å². The number of hydrogen-bond donors (Lipinski definition) is 2. The third kappa shape index (κ3) is 4.60. The molecule has 0 fully saturated rings. The van der Waals surface area contributed by atoms with Crippen molar-refractivity contribution in [3.8, 4) is 5.75 Å². The number of aromatic nitrogens is 1. The molecule has 1 aromatic heterocycles. The van der Waals surface area contributed by atoms with Crippen molar-refractivity contribution in [1.82, 2.24) is 9.47 Å². The third-order valence-corrected chi connectivity index (χ3v) is 3.30. The Kier molecular flexibility index (Phi) is 6.59. The molecule has 0 aliphatic heterocycles. The Balaban J connectivity index is 3.22. The summed E-state index contributed by atoms with van der Waals surface area (Å²) in [5, 5.41) is 19.0. The van der Waals surface area contributed by atoms with Gasteiger partial charge in [-0.15, -0.1) is 13.2 Å². The van der Waals surface area contributed by atoms with Gasteiger partial charge in [0.15, 0.2) is 5.75 Å². The van der Waals surface area contributed by atoms with Crippen LogP contribution in [0.3, 0.4) is 0 Å². The van der Waals surface area contributed by atoms with Crippen LogP contribution >= 0.6 is 0 Å².